The summed E-state index contributed by atoms with van der Waals surface area (Å²) in [4.78, 5) is 6.85. The minimum atomic E-state index is 0.431. The molecule has 0 spiro atoms. The van der Waals surface area contributed by atoms with Crippen molar-refractivity contribution in [3.05, 3.63) is 54.2 Å². The van der Waals surface area contributed by atoms with Crippen LogP contribution in [0.3, 0.4) is 0 Å². The van der Waals surface area contributed by atoms with Gasteiger partial charge in [0.2, 0.25) is 0 Å². The van der Waals surface area contributed by atoms with Gasteiger partial charge in [0, 0.05) is 42.9 Å². The maximum absolute atomic E-state index is 5.84. The second kappa shape index (κ2) is 6.81. The molecule has 0 bridgehead atoms. The maximum atomic E-state index is 5.84. The molecule has 0 unspecified atom stereocenters. The lowest BCUT2D eigenvalue weighted by atomic mass is 9.93. The zero-order valence-corrected chi connectivity index (χ0v) is 14.2. The summed E-state index contributed by atoms with van der Waals surface area (Å²) in [5.41, 5.74) is 1.35. The molecule has 1 saturated heterocycles. The van der Waals surface area contributed by atoms with Gasteiger partial charge in [0.25, 0.3) is 0 Å². The number of fused-ring (bicyclic) bond motifs is 1. The van der Waals surface area contributed by atoms with Crippen molar-refractivity contribution < 1.29 is 4.74 Å². The van der Waals surface area contributed by atoms with Crippen LogP contribution in [0, 0.1) is 0 Å². The zero-order chi connectivity index (χ0) is 16.4. The topological polar surface area (TPSA) is 37.4 Å². The van der Waals surface area contributed by atoms with Crippen molar-refractivity contribution in [1.82, 2.24) is 10.3 Å². The summed E-state index contributed by atoms with van der Waals surface area (Å²) in [5, 5.41) is 3.85. The van der Waals surface area contributed by atoms with E-state index >= 15 is 0 Å². The van der Waals surface area contributed by atoms with Crippen molar-refractivity contribution in [1.29, 1.82) is 0 Å². The van der Waals surface area contributed by atoms with Gasteiger partial charge in [0.05, 0.1) is 6.61 Å². The summed E-state index contributed by atoms with van der Waals surface area (Å²) in [5.74, 6) is 2.61. The Labute approximate surface area is 143 Å². The van der Waals surface area contributed by atoms with Crippen LogP contribution in [0.1, 0.15) is 31.2 Å². The third-order valence-electron chi connectivity index (χ3n) is 5.31. The van der Waals surface area contributed by atoms with Crippen molar-refractivity contribution >= 4 is 5.82 Å². The second-order valence-electron chi connectivity index (χ2n) is 6.86. The number of aromatic nitrogens is 1. The van der Waals surface area contributed by atoms with E-state index in [1.807, 2.05) is 18.3 Å². The number of benzene rings is 1. The van der Waals surface area contributed by atoms with E-state index in [4.69, 9.17) is 4.74 Å². The van der Waals surface area contributed by atoms with E-state index in [9.17, 15) is 0 Å². The smallest absolute Gasteiger partial charge is 0.128 e. The first kappa shape index (κ1) is 15.5. The molecular weight excluding hydrogens is 298 g/mol. The Morgan fingerprint density at radius 2 is 1.92 bits per heavy atom. The van der Waals surface area contributed by atoms with Gasteiger partial charge in [-0.15, -0.1) is 0 Å². The van der Waals surface area contributed by atoms with Crippen molar-refractivity contribution in [2.75, 3.05) is 24.6 Å². The molecule has 1 N–H and O–H groups in total. The summed E-state index contributed by atoms with van der Waals surface area (Å²) >= 11 is 0. The molecule has 1 aromatic heterocycles. The Morgan fingerprint density at radius 1 is 1.12 bits per heavy atom. The van der Waals surface area contributed by atoms with Crippen LogP contribution in [-0.2, 0) is 0 Å². The number of hydrogen-bond donors (Lipinski definition) is 1. The number of anilines is 1. The van der Waals surface area contributed by atoms with Gasteiger partial charge in [0.15, 0.2) is 0 Å². The van der Waals surface area contributed by atoms with Gasteiger partial charge in [-0.2, -0.15) is 0 Å². The van der Waals surface area contributed by atoms with E-state index in [1.165, 1.54) is 5.56 Å². The first-order valence-corrected chi connectivity index (χ1v) is 8.95. The van der Waals surface area contributed by atoms with Crippen LogP contribution < -0.4 is 15.0 Å². The van der Waals surface area contributed by atoms with Gasteiger partial charge in [0.1, 0.15) is 11.6 Å². The molecule has 2 atom stereocenters. The third-order valence-corrected chi connectivity index (χ3v) is 5.31. The molecule has 4 nitrogen and oxygen atoms in total. The molecule has 0 aliphatic carbocycles. The predicted octanol–water partition coefficient (Wildman–Crippen LogP) is 3.20. The van der Waals surface area contributed by atoms with Crippen molar-refractivity contribution in [2.45, 2.75) is 37.8 Å². The monoisotopic (exact) mass is 323 g/mol. The molecule has 126 valence electrons. The maximum Gasteiger partial charge on any atom is 0.128 e. The lowest BCUT2D eigenvalue weighted by molar-refractivity contribution is 0.283. The largest absolute Gasteiger partial charge is 0.493 e. The van der Waals surface area contributed by atoms with Crippen LogP contribution in [0.2, 0.25) is 0 Å². The fraction of sp³-hybridized carbons (Fsp3) is 0.450. The van der Waals surface area contributed by atoms with Crippen LogP contribution in [0.15, 0.2) is 48.7 Å². The van der Waals surface area contributed by atoms with Gasteiger partial charge in [-0.1, -0.05) is 24.3 Å². The molecule has 2 aromatic rings. The zero-order valence-electron chi connectivity index (χ0n) is 14.2. The average Bonchev–Trinajstić information content (AvgIpc) is 3.07. The Kier molecular flexibility index (Phi) is 4.39. The minimum Gasteiger partial charge on any atom is -0.493 e. The quantitative estimate of drug-likeness (QED) is 0.937. The second-order valence-corrected chi connectivity index (χ2v) is 6.86. The fourth-order valence-corrected chi connectivity index (χ4v) is 3.91. The SMILES string of the molecule is C[C@H](NC1CCN(c2ccccn2)CC1)[C@H]1COc2ccccc21. The third kappa shape index (κ3) is 3.11. The van der Waals surface area contributed by atoms with Gasteiger partial charge in [-0.05, 0) is 38.0 Å². The average molecular weight is 323 g/mol. The van der Waals surface area contributed by atoms with E-state index < -0.39 is 0 Å². The summed E-state index contributed by atoms with van der Waals surface area (Å²) < 4.78 is 5.84. The van der Waals surface area contributed by atoms with Crippen molar-refractivity contribution in [2.24, 2.45) is 0 Å². The summed E-state index contributed by atoms with van der Waals surface area (Å²) in [7, 11) is 0. The number of para-hydroxylation sites is 1. The highest BCUT2D eigenvalue weighted by atomic mass is 16.5. The van der Waals surface area contributed by atoms with E-state index in [-0.39, 0.29) is 0 Å². The standard InChI is InChI=1S/C20H25N3O/c1-15(18-14-24-19-7-3-2-6-17(18)19)22-16-9-12-23(13-10-16)20-8-4-5-11-21-20/h2-8,11,15-16,18,22H,9-10,12-14H2,1H3/t15-,18+/m0/s1. The van der Waals surface area contributed by atoms with Gasteiger partial charge in [-0.3, -0.25) is 0 Å². The Bertz CT molecular complexity index is 668. The predicted molar refractivity (Wildman–Crippen MR) is 96.7 cm³/mol. The molecule has 2 aliphatic rings. The molecule has 2 aliphatic heterocycles. The molecule has 4 heteroatoms. The lowest BCUT2D eigenvalue weighted by Gasteiger charge is -2.35. The van der Waals surface area contributed by atoms with Crippen LogP contribution in [0.5, 0.6) is 5.75 Å². The van der Waals surface area contributed by atoms with E-state index in [0.29, 0.717) is 18.0 Å². The lowest BCUT2D eigenvalue weighted by Crippen LogP contribution is -2.47. The number of piperidine rings is 1. The van der Waals surface area contributed by atoms with E-state index in [0.717, 1.165) is 44.1 Å². The molecule has 3 heterocycles. The number of nitrogens with zero attached hydrogens (tertiary/aromatic N) is 2. The molecule has 4 rings (SSSR count). The Balaban J connectivity index is 1.33. The molecule has 1 aromatic carbocycles. The van der Waals surface area contributed by atoms with Crippen molar-refractivity contribution in [3.63, 3.8) is 0 Å². The normalized spacial score (nSPS) is 22.0. The molecule has 0 amide bonds. The first-order valence-electron chi connectivity index (χ1n) is 8.95. The number of pyridine rings is 1. The summed E-state index contributed by atoms with van der Waals surface area (Å²) in [6.07, 6.45) is 4.20. The van der Waals surface area contributed by atoms with Crippen LogP contribution in [-0.4, -0.2) is 36.8 Å². The van der Waals surface area contributed by atoms with E-state index in [2.05, 4.69) is 52.5 Å². The fourth-order valence-electron chi connectivity index (χ4n) is 3.91. The Morgan fingerprint density at radius 3 is 2.71 bits per heavy atom. The Hall–Kier alpha value is -2.07. The highest BCUT2D eigenvalue weighted by Gasteiger charge is 2.30. The first-order chi connectivity index (χ1) is 11.8. The van der Waals surface area contributed by atoms with Gasteiger partial charge >= 0.3 is 0 Å². The highest BCUT2D eigenvalue weighted by Crippen LogP contribution is 2.35. The number of nitrogens with one attached hydrogen (secondary N) is 1. The number of rotatable bonds is 4. The van der Waals surface area contributed by atoms with Gasteiger partial charge < -0.3 is 15.0 Å². The summed E-state index contributed by atoms with van der Waals surface area (Å²) in [6.45, 7) is 5.22. The molecule has 0 saturated carbocycles. The van der Waals surface area contributed by atoms with Crippen LogP contribution in [0.4, 0.5) is 5.82 Å². The number of ether oxygens (including phenoxy) is 1. The molecular formula is C20H25N3O. The van der Waals surface area contributed by atoms with Crippen LogP contribution >= 0.6 is 0 Å². The molecule has 24 heavy (non-hydrogen) atoms. The molecule has 0 radical (unpaired) electrons. The number of hydrogen-bond acceptors (Lipinski definition) is 4. The molecule has 1 fully saturated rings. The summed E-state index contributed by atoms with van der Waals surface area (Å²) in [6, 6.07) is 15.6. The van der Waals surface area contributed by atoms with Gasteiger partial charge in [-0.25, -0.2) is 4.98 Å². The minimum absolute atomic E-state index is 0.431. The highest BCUT2D eigenvalue weighted by molar-refractivity contribution is 5.41. The van der Waals surface area contributed by atoms with Crippen molar-refractivity contribution in [3.8, 4) is 5.75 Å². The van der Waals surface area contributed by atoms with Crippen LogP contribution in [0.25, 0.3) is 0 Å². The van der Waals surface area contributed by atoms with E-state index in [1.54, 1.807) is 0 Å².